The lowest BCUT2D eigenvalue weighted by molar-refractivity contribution is -0.134. The van der Waals surface area contributed by atoms with Crippen LogP contribution in [-0.2, 0) is 16.0 Å². The van der Waals surface area contributed by atoms with Crippen molar-refractivity contribution in [3.8, 4) is 0 Å². The molecule has 3 N–H and O–H groups in total. The Morgan fingerprint density at radius 1 is 1.07 bits per heavy atom. The Balaban J connectivity index is 0.000000321. The van der Waals surface area contributed by atoms with E-state index in [0.717, 1.165) is 6.54 Å². The topological polar surface area (TPSA) is 86.6 Å². The van der Waals surface area contributed by atoms with Gasteiger partial charge in [-0.1, -0.05) is 49.0 Å². The van der Waals surface area contributed by atoms with E-state index in [0.29, 0.717) is 18.2 Å². The first-order valence-electron chi connectivity index (χ1n) is 9.73. The second kappa shape index (κ2) is 12.1. The van der Waals surface area contributed by atoms with Crippen molar-refractivity contribution in [2.75, 3.05) is 6.54 Å². The fourth-order valence-electron chi connectivity index (χ4n) is 3.21. The van der Waals surface area contributed by atoms with Crippen LogP contribution in [0.1, 0.15) is 43.4 Å². The molecule has 0 radical (unpaired) electrons. The number of hydrogen-bond donors (Lipinski definition) is 3. The van der Waals surface area contributed by atoms with Gasteiger partial charge in [0.2, 0.25) is 0 Å². The zero-order chi connectivity index (χ0) is 21.1. The van der Waals surface area contributed by atoms with Crippen LogP contribution in [0.25, 0.3) is 0 Å². The van der Waals surface area contributed by atoms with Crippen molar-refractivity contribution >= 4 is 23.7 Å². The van der Waals surface area contributed by atoms with Gasteiger partial charge in [-0.15, -0.1) is 0 Å². The van der Waals surface area contributed by atoms with Crippen molar-refractivity contribution in [2.45, 2.75) is 48.4 Å². The van der Waals surface area contributed by atoms with Crippen molar-refractivity contribution in [3.05, 3.63) is 71.8 Å². The predicted octanol–water partition coefficient (Wildman–Crippen LogP) is 4.93. The molecule has 1 aliphatic carbocycles. The number of fused-ring (bicyclic) bond motifs is 1. The molecule has 1 atom stereocenters. The average molecular weight is 414 g/mol. The highest BCUT2D eigenvalue weighted by Crippen LogP contribution is 2.39. The van der Waals surface area contributed by atoms with E-state index in [4.69, 9.17) is 10.2 Å². The van der Waals surface area contributed by atoms with Crippen molar-refractivity contribution < 1.29 is 19.8 Å². The summed E-state index contributed by atoms with van der Waals surface area (Å²) in [6.45, 7) is 3.34. The molecule has 2 aromatic carbocycles. The molecule has 0 amide bonds. The zero-order valence-electron chi connectivity index (χ0n) is 16.5. The molecule has 5 nitrogen and oxygen atoms in total. The molecule has 0 bridgehead atoms. The van der Waals surface area contributed by atoms with Crippen molar-refractivity contribution in [1.82, 2.24) is 5.32 Å². The lowest BCUT2D eigenvalue weighted by Gasteiger charge is -2.28. The molecule has 0 aromatic heterocycles. The minimum Gasteiger partial charge on any atom is -0.478 e. The van der Waals surface area contributed by atoms with E-state index in [1.165, 1.54) is 41.0 Å². The van der Waals surface area contributed by atoms with Crippen LogP contribution < -0.4 is 5.32 Å². The van der Waals surface area contributed by atoms with E-state index in [9.17, 15) is 9.59 Å². The van der Waals surface area contributed by atoms with E-state index in [2.05, 4.69) is 60.8 Å². The molecule has 0 saturated carbocycles. The minimum absolute atomic E-state index is 0.529. The summed E-state index contributed by atoms with van der Waals surface area (Å²) in [6.07, 6.45) is 6.10. The summed E-state index contributed by atoms with van der Waals surface area (Å²) in [6, 6.07) is 18.0. The van der Waals surface area contributed by atoms with E-state index in [-0.39, 0.29) is 0 Å². The monoisotopic (exact) mass is 413 g/mol. The van der Waals surface area contributed by atoms with Gasteiger partial charge in [-0.25, -0.2) is 9.59 Å². The number of carbonyl (C=O) groups is 2. The van der Waals surface area contributed by atoms with Gasteiger partial charge in [0.25, 0.3) is 0 Å². The lowest BCUT2D eigenvalue weighted by atomic mass is 9.87. The van der Waals surface area contributed by atoms with Crippen molar-refractivity contribution in [3.63, 3.8) is 0 Å². The first kappa shape index (κ1) is 22.7. The lowest BCUT2D eigenvalue weighted by Crippen LogP contribution is -2.26. The summed E-state index contributed by atoms with van der Waals surface area (Å²) in [5, 5.41) is 19.4. The first-order chi connectivity index (χ1) is 14.0. The number of aliphatic carboxylic acids is 2. The summed E-state index contributed by atoms with van der Waals surface area (Å²) in [5.74, 6) is -2.51. The van der Waals surface area contributed by atoms with E-state index < -0.39 is 11.9 Å². The van der Waals surface area contributed by atoms with Gasteiger partial charge in [0.1, 0.15) is 0 Å². The number of carboxylic acids is 2. The van der Waals surface area contributed by atoms with Crippen LogP contribution in [-0.4, -0.2) is 28.7 Å². The van der Waals surface area contributed by atoms with E-state index in [1.807, 2.05) is 11.8 Å². The number of aryl methyl sites for hydroxylation is 1. The molecular formula is C23H27NO4S. The summed E-state index contributed by atoms with van der Waals surface area (Å²) in [5.41, 5.74) is 3.09. The maximum absolute atomic E-state index is 9.55. The van der Waals surface area contributed by atoms with Gasteiger partial charge in [-0.05, 0) is 61.6 Å². The molecule has 0 fully saturated rings. The summed E-state index contributed by atoms with van der Waals surface area (Å²) in [7, 11) is 0. The Hall–Kier alpha value is -2.57. The SMILES string of the molecule is CCCNC1CCCc2cccc(Sc3ccccc3)c21.O=C(O)/C=C\C(=O)O. The first-order valence-corrected chi connectivity index (χ1v) is 10.5. The Morgan fingerprint density at radius 3 is 2.38 bits per heavy atom. The van der Waals surface area contributed by atoms with Gasteiger partial charge in [0.15, 0.2) is 0 Å². The Kier molecular flexibility index (Phi) is 9.47. The van der Waals surface area contributed by atoms with Gasteiger partial charge in [0.05, 0.1) is 0 Å². The number of carboxylic acid groups (broad SMARTS) is 2. The fourth-order valence-corrected chi connectivity index (χ4v) is 4.29. The van der Waals surface area contributed by atoms with Gasteiger partial charge < -0.3 is 15.5 Å². The molecule has 154 valence electrons. The average Bonchev–Trinajstić information content (AvgIpc) is 2.72. The number of nitrogens with one attached hydrogen (secondary N) is 1. The highest BCUT2D eigenvalue weighted by atomic mass is 32.2. The fraction of sp³-hybridized carbons (Fsp3) is 0.304. The summed E-state index contributed by atoms with van der Waals surface area (Å²) >= 11 is 1.90. The Labute approximate surface area is 175 Å². The van der Waals surface area contributed by atoms with Gasteiger partial charge in [-0.2, -0.15) is 0 Å². The molecule has 1 unspecified atom stereocenters. The molecule has 2 aromatic rings. The third-order valence-electron chi connectivity index (χ3n) is 4.42. The quantitative estimate of drug-likeness (QED) is 0.558. The van der Waals surface area contributed by atoms with Crippen molar-refractivity contribution in [2.24, 2.45) is 0 Å². The molecule has 6 heteroatoms. The number of hydrogen-bond acceptors (Lipinski definition) is 4. The molecular weight excluding hydrogens is 386 g/mol. The third kappa shape index (κ3) is 7.75. The number of rotatable bonds is 7. The highest BCUT2D eigenvalue weighted by Gasteiger charge is 2.22. The van der Waals surface area contributed by atoms with Crippen molar-refractivity contribution in [1.29, 1.82) is 0 Å². The maximum Gasteiger partial charge on any atom is 0.328 e. The smallest absolute Gasteiger partial charge is 0.328 e. The molecule has 3 rings (SSSR count). The van der Waals surface area contributed by atoms with Crippen LogP contribution in [0.3, 0.4) is 0 Å². The molecule has 0 spiro atoms. The molecule has 0 heterocycles. The van der Waals surface area contributed by atoms with E-state index >= 15 is 0 Å². The van der Waals surface area contributed by atoms with Gasteiger partial charge in [0, 0.05) is 28.0 Å². The van der Waals surface area contributed by atoms with Gasteiger partial charge >= 0.3 is 11.9 Å². The van der Waals surface area contributed by atoms with E-state index in [1.54, 1.807) is 5.56 Å². The highest BCUT2D eigenvalue weighted by molar-refractivity contribution is 7.99. The minimum atomic E-state index is -1.26. The second-order valence-electron chi connectivity index (χ2n) is 6.65. The third-order valence-corrected chi connectivity index (χ3v) is 5.51. The second-order valence-corrected chi connectivity index (χ2v) is 7.77. The predicted molar refractivity (Wildman–Crippen MR) is 115 cm³/mol. The van der Waals surface area contributed by atoms with Gasteiger partial charge in [-0.3, -0.25) is 0 Å². The molecule has 29 heavy (non-hydrogen) atoms. The van der Waals surface area contributed by atoms with Crippen LogP contribution in [0.5, 0.6) is 0 Å². The Morgan fingerprint density at radius 2 is 1.76 bits per heavy atom. The molecule has 0 saturated heterocycles. The van der Waals surface area contributed by atoms with Crippen LogP contribution in [0.15, 0.2) is 70.5 Å². The summed E-state index contributed by atoms with van der Waals surface area (Å²) in [4.78, 5) is 21.9. The maximum atomic E-state index is 9.55. The Bertz CT molecular complexity index is 820. The van der Waals surface area contributed by atoms with Crippen LogP contribution in [0, 0.1) is 0 Å². The normalized spacial score (nSPS) is 15.3. The standard InChI is InChI=1S/C19H23NS.C4H4O4/c1-2-14-20-17-12-6-8-15-9-7-13-18(19(15)17)21-16-10-4-3-5-11-16;5-3(6)1-2-4(7)8/h3-5,7,9-11,13,17,20H,2,6,8,12,14H2,1H3;1-2H,(H,5,6)(H,7,8)/b;2-1-. The van der Waals surface area contributed by atoms with Crippen LogP contribution in [0.2, 0.25) is 0 Å². The zero-order valence-corrected chi connectivity index (χ0v) is 17.3. The molecule has 0 aliphatic heterocycles. The summed E-state index contributed by atoms with van der Waals surface area (Å²) < 4.78 is 0. The van der Waals surface area contributed by atoms with Crippen LogP contribution >= 0.6 is 11.8 Å². The number of benzene rings is 2. The largest absolute Gasteiger partial charge is 0.478 e. The molecule has 1 aliphatic rings. The van der Waals surface area contributed by atoms with Crippen LogP contribution in [0.4, 0.5) is 0 Å².